The van der Waals surface area contributed by atoms with Gasteiger partial charge in [0.15, 0.2) is 0 Å². The second-order valence-corrected chi connectivity index (χ2v) is 6.23. The Bertz CT molecular complexity index is 1020. The van der Waals surface area contributed by atoms with Crippen LogP contribution in [0.3, 0.4) is 0 Å². The maximum atomic E-state index is 13.3. The first kappa shape index (κ1) is 17.3. The molecule has 0 N–H and O–H groups in total. The molecule has 2 aromatic carbocycles. The maximum Gasteiger partial charge on any atom is 0.449 e. The third kappa shape index (κ3) is 2.87. The van der Waals surface area contributed by atoms with E-state index in [2.05, 4.69) is 4.98 Å². The van der Waals surface area contributed by atoms with Gasteiger partial charge in [-0.15, -0.1) is 0 Å². The first-order valence-corrected chi connectivity index (χ1v) is 8.35. The average Bonchev–Trinajstić information content (AvgIpc) is 3.13. The van der Waals surface area contributed by atoms with Gasteiger partial charge in [-0.05, 0) is 30.7 Å². The predicted octanol–water partition coefficient (Wildman–Crippen LogP) is 3.74. The van der Waals surface area contributed by atoms with Crippen LogP contribution in [0.4, 0.5) is 13.2 Å². The van der Waals surface area contributed by atoms with Gasteiger partial charge in [0.2, 0.25) is 5.82 Å². The molecule has 8 heteroatoms. The van der Waals surface area contributed by atoms with Gasteiger partial charge >= 0.3 is 6.18 Å². The molecular formula is C19H14F3N3O2. The summed E-state index contributed by atoms with van der Waals surface area (Å²) in [6, 6.07) is 12.8. The normalized spacial score (nSPS) is 14.3. The molecule has 5 nitrogen and oxygen atoms in total. The van der Waals surface area contributed by atoms with Gasteiger partial charge in [-0.3, -0.25) is 14.5 Å². The van der Waals surface area contributed by atoms with Crippen LogP contribution >= 0.6 is 0 Å². The smallest absolute Gasteiger partial charge is 0.320 e. The van der Waals surface area contributed by atoms with Gasteiger partial charge in [0.25, 0.3) is 11.8 Å². The van der Waals surface area contributed by atoms with E-state index < -0.39 is 23.8 Å². The van der Waals surface area contributed by atoms with Gasteiger partial charge < -0.3 is 4.57 Å². The summed E-state index contributed by atoms with van der Waals surface area (Å²) in [7, 11) is 0. The number of hydrogen-bond donors (Lipinski definition) is 0. The van der Waals surface area contributed by atoms with Crippen LogP contribution in [0.1, 0.15) is 33.0 Å². The van der Waals surface area contributed by atoms with Crippen molar-refractivity contribution in [3.05, 3.63) is 65.5 Å². The molecule has 0 saturated carbocycles. The van der Waals surface area contributed by atoms with E-state index in [-0.39, 0.29) is 25.0 Å². The highest BCUT2D eigenvalue weighted by Gasteiger charge is 2.38. The molecule has 2 amide bonds. The lowest BCUT2D eigenvalue weighted by atomic mass is 10.1. The van der Waals surface area contributed by atoms with Gasteiger partial charge in [0.1, 0.15) is 0 Å². The zero-order valence-electron chi connectivity index (χ0n) is 14.0. The van der Waals surface area contributed by atoms with Crippen LogP contribution in [-0.2, 0) is 12.7 Å². The third-order valence-corrected chi connectivity index (χ3v) is 4.55. The van der Waals surface area contributed by atoms with Crippen LogP contribution in [0.15, 0.2) is 48.5 Å². The van der Waals surface area contributed by atoms with Gasteiger partial charge in [-0.1, -0.05) is 24.3 Å². The molecule has 0 radical (unpaired) electrons. The van der Waals surface area contributed by atoms with E-state index in [9.17, 15) is 22.8 Å². The topological polar surface area (TPSA) is 55.2 Å². The van der Waals surface area contributed by atoms with E-state index in [4.69, 9.17) is 0 Å². The number of carbonyl (C=O) groups is 2. The number of fused-ring (bicyclic) bond motifs is 2. The number of rotatable bonds is 4. The van der Waals surface area contributed by atoms with Crippen LogP contribution in [-0.4, -0.2) is 32.8 Å². The number of amides is 2. The monoisotopic (exact) mass is 373 g/mol. The van der Waals surface area contributed by atoms with Gasteiger partial charge in [0, 0.05) is 13.1 Å². The summed E-state index contributed by atoms with van der Waals surface area (Å²) in [5, 5.41) is 0. The lowest BCUT2D eigenvalue weighted by Crippen LogP contribution is -2.31. The van der Waals surface area contributed by atoms with Gasteiger partial charge in [-0.25, -0.2) is 4.98 Å². The Morgan fingerprint density at radius 1 is 0.852 bits per heavy atom. The Balaban J connectivity index is 1.55. The van der Waals surface area contributed by atoms with Crippen molar-refractivity contribution in [1.29, 1.82) is 0 Å². The first-order valence-electron chi connectivity index (χ1n) is 8.35. The van der Waals surface area contributed by atoms with Crippen molar-refractivity contribution in [2.75, 3.05) is 6.54 Å². The molecule has 0 atom stereocenters. The van der Waals surface area contributed by atoms with Crippen molar-refractivity contribution in [2.45, 2.75) is 19.1 Å². The van der Waals surface area contributed by atoms with E-state index >= 15 is 0 Å². The minimum Gasteiger partial charge on any atom is -0.320 e. The molecule has 0 fully saturated rings. The number of para-hydroxylation sites is 2. The fourth-order valence-corrected chi connectivity index (χ4v) is 3.35. The molecule has 0 unspecified atom stereocenters. The lowest BCUT2D eigenvalue weighted by molar-refractivity contribution is -0.147. The highest BCUT2D eigenvalue weighted by atomic mass is 19.4. The number of hydrogen-bond acceptors (Lipinski definition) is 3. The highest BCUT2D eigenvalue weighted by molar-refractivity contribution is 6.21. The van der Waals surface area contributed by atoms with Crippen molar-refractivity contribution < 1.29 is 22.8 Å². The van der Waals surface area contributed by atoms with Crippen LogP contribution < -0.4 is 0 Å². The summed E-state index contributed by atoms with van der Waals surface area (Å²) in [5.74, 6) is -1.81. The number of aryl methyl sites for hydroxylation is 1. The Labute approximate surface area is 152 Å². The standard InChI is InChI=1S/C19H14F3N3O2/c20-19(21,22)18-23-14-8-3-4-9-15(14)24(18)10-5-11-25-16(26)12-6-1-2-7-13(12)17(25)27/h1-4,6-9H,5,10-11H2. The number of imidazole rings is 1. The summed E-state index contributed by atoms with van der Waals surface area (Å²) in [5.41, 5.74) is 1.27. The number of aromatic nitrogens is 2. The van der Waals surface area contributed by atoms with Crippen molar-refractivity contribution in [1.82, 2.24) is 14.5 Å². The lowest BCUT2D eigenvalue weighted by Gasteiger charge is -2.15. The average molecular weight is 373 g/mol. The molecule has 0 spiro atoms. The first-order chi connectivity index (χ1) is 12.9. The third-order valence-electron chi connectivity index (χ3n) is 4.55. The molecule has 3 aromatic rings. The Kier molecular flexibility index (Phi) is 3.98. The quantitative estimate of drug-likeness (QED) is 0.655. The SMILES string of the molecule is O=C1c2ccccc2C(=O)N1CCCn1c(C(F)(F)F)nc2ccccc21. The minimum atomic E-state index is -4.59. The Morgan fingerprint density at radius 2 is 1.44 bits per heavy atom. The van der Waals surface area contributed by atoms with Crippen molar-refractivity contribution in [3.8, 4) is 0 Å². The zero-order valence-corrected chi connectivity index (χ0v) is 14.0. The Hall–Kier alpha value is -3.16. The van der Waals surface area contributed by atoms with Crippen molar-refractivity contribution in [3.63, 3.8) is 0 Å². The summed E-state index contributed by atoms with van der Waals surface area (Å²) in [4.78, 5) is 29.5. The van der Waals surface area contributed by atoms with E-state index in [0.29, 0.717) is 16.6 Å². The number of halogens is 3. The molecule has 0 bridgehead atoms. The van der Waals surface area contributed by atoms with E-state index in [0.717, 1.165) is 9.47 Å². The number of carbonyl (C=O) groups excluding carboxylic acids is 2. The summed E-state index contributed by atoms with van der Waals surface area (Å²) in [6.45, 7) is 0.0267. The zero-order chi connectivity index (χ0) is 19.2. The number of alkyl halides is 3. The molecule has 1 aromatic heterocycles. The largest absolute Gasteiger partial charge is 0.449 e. The molecule has 0 aliphatic carbocycles. The maximum absolute atomic E-state index is 13.3. The van der Waals surface area contributed by atoms with Crippen LogP contribution in [0.2, 0.25) is 0 Å². The molecule has 1 aliphatic rings. The fraction of sp³-hybridized carbons (Fsp3) is 0.211. The van der Waals surface area contributed by atoms with E-state index in [1.807, 2.05) is 0 Å². The van der Waals surface area contributed by atoms with E-state index in [1.54, 1.807) is 42.5 Å². The summed E-state index contributed by atoms with van der Waals surface area (Å²) >= 11 is 0. The second kappa shape index (κ2) is 6.22. The van der Waals surface area contributed by atoms with Crippen molar-refractivity contribution in [2.24, 2.45) is 0 Å². The van der Waals surface area contributed by atoms with Crippen molar-refractivity contribution >= 4 is 22.8 Å². The van der Waals surface area contributed by atoms with Crippen LogP contribution in [0.5, 0.6) is 0 Å². The Morgan fingerprint density at radius 3 is 2.07 bits per heavy atom. The van der Waals surface area contributed by atoms with Gasteiger partial charge in [-0.2, -0.15) is 13.2 Å². The summed E-state index contributed by atoms with van der Waals surface area (Å²) in [6.07, 6.45) is -4.40. The molecular weight excluding hydrogens is 359 g/mol. The van der Waals surface area contributed by atoms with Crippen LogP contribution in [0.25, 0.3) is 11.0 Å². The molecule has 4 rings (SSSR count). The predicted molar refractivity (Wildman–Crippen MR) is 91.2 cm³/mol. The molecule has 2 heterocycles. The minimum absolute atomic E-state index is 0.0111. The highest BCUT2D eigenvalue weighted by Crippen LogP contribution is 2.32. The molecule has 138 valence electrons. The van der Waals surface area contributed by atoms with Gasteiger partial charge in [0.05, 0.1) is 22.2 Å². The molecule has 0 saturated heterocycles. The number of imide groups is 1. The number of nitrogens with zero attached hydrogens (tertiary/aromatic N) is 3. The second-order valence-electron chi connectivity index (χ2n) is 6.23. The van der Waals surface area contributed by atoms with Crippen LogP contribution in [0, 0.1) is 0 Å². The van der Waals surface area contributed by atoms with E-state index in [1.165, 1.54) is 6.07 Å². The summed E-state index contributed by atoms with van der Waals surface area (Å²) < 4.78 is 41.0. The fourth-order valence-electron chi connectivity index (χ4n) is 3.35. The molecule has 27 heavy (non-hydrogen) atoms. The molecule has 1 aliphatic heterocycles. The number of benzene rings is 2.